The van der Waals surface area contributed by atoms with Gasteiger partial charge in [-0.2, -0.15) is 0 Å². The normalized spacial score (nSPS) is 24.7. The maximum Gasteiger partial charge on any atom is 0.126 e. The maximum atomic E-state index is 6.34. The van der Waals surface area contributed by atoms with Crippen molar-refractivity contribution in [2.24, 2.45) is 11.8 Å². The highest BCUT2D eigenvalue weighted by molar-refractivity contribution is 5.41. The van der Waals surface area contributed by atoms with Gasteiger partial charge in [0.25, 0.3) is 0 Å². The van der Waals surface area contributed by atoms with Gasteiger partial charge in [-0.25, -0.2) is 0 Å². The second-order valence-electron chi connectivity index (χ2n) is 7.90. The Bertz CT molecular complexity index is 655. The van der Waals surface area contributed by atoms with Gasteiger partial charge in [-0.05, 0) is 53.9 Å². The van der Waals surface area contributed by atoms with Crippen LogP contribution in [0.4, 0.5) is 0 Å². The van der Waals surface area contributed by atoms with Crippen LogP contribution in [-0.4, -0.2) is 12.7 Å². The molecule has 1 fully saturated rings. The van der Waals surface area contributed by atoms with E-state index < -0.39 is 0 Å². The van der Waals surface area contributed by atoms with Gasteiger partial charge in [0.15, 0.2) is 0 Å². The number of furan rings is 1. The van der Waals surface area contributed by atoms with Gasteiger partial charge in [0.1, 0.15) is 5.76 Å². The number of benzene rings is 1. The van der Waals surface area contributed by atoms with Gasteiger partial charge in [0.05, 0.1) is 19.0 Å². The van der Waals surface area contributed by atoms with Gasteiger partial charge in [0, 0.05) is 0 Å². The monoisotopic (exact) mass is 338 g/mol. The summed E-state index contributed by atoms with van der Waals surface area (Å²) >= 11 is 0. The molecule has 3 atom stereocenters. The largest absolute Gasteiger partial charge is 0.465 e. The van der Waals surface area contributed by atoms with Gasteiger partial charge in [-0.1, -0.05) is 63.6 Å². The third-order valence-electron chi connectivity index (χ3n) is 5.73. The molecule has 2 nitrogen and oxygen atoms in total. The molecule has 1 aliphatic rings. The molecule has 0 amide bonds. The summed E-state index contributed by atoms with van der Waals surface area (Å²) in [5.74, 6) is 2.16. The average molecular weight is 338 g/mol. The van der Waals surface area contributed by atoms with Crippen molar-refractivity contribution in [3.8, 4) is 0 Å². The molecule has 0 bridgehead atoms. The first kappa shape index (κ1) is 18.0. The zero-order valence-electron chi connectivity index (χ0n) is 15.7. The molecule has 1 aliphatic carbocycles. The summed E-state index contributed by atoms with van der Waals surface area (Å²) in [5.41, 5.74) is 1.53. The van der Waals surface area contributed by atoms with Crippen LogP contribution < -0.4 is 0 Å². The summed E-state index contributed by atoms with van der Waals surface area (Å²) in [7, 11) is 0. The van der Waals surface area contributed by atoms with Crippen LogP contribution in [-0.2, 0) is 10.2 Å². The highest BCUT2D eigenvalue weighted by Crippen LogP contribution is 2.43. The summed E-state index contributed by atoms with van der Waals surface area (Å²) in [6, 6.07) is 14.8. The van der Waals surface area contributed by atoms with Gasteiger partial charge < -0.3 is 9.15 Å². The van der Waals surface area contributed by atoms with E-state index >= 15 is 0 Å². The fourth-order valence-electron chi connectivity index (χ4n) is 4.15. The lowest BCUT2D eigenvalue weighted by atomic mass is 9.64. The summed E-state index contributed by atoms with van der Waals surface area (Å²) in [4.78, 5) is 0. The second-order valence-corrected chi connectivity index (χ2v) is 7.90. The molecule has 2 heteroatoms. The van der Waals surface area contributed by atoms with Crippen LogP contribution in [0.3, 0.4) is 0 Å². The van der Waals surface area contributed by atoms with Gasteiger partial charge in [0.2, 0.25) is 0 Å². The number of hydrogen-bond donors (Lipinski definition) is 0. The number of hydrogen-bond acceptors (Lipinski definition) is 2. The van der Waals surface area contributed by atoms with Gasteiger partial charge in [-0.3, -0.25) is 0 Å². The molecule has 1 aromatic heterocycles. The molecular weight excluding hydrogens is 308 g/mol. The topological polar surface area (TPSA) is 22.4 Å². The molecule has 0 N–H and O–H groups in total. The van der Waals surface area contributed by atoms with E-state index in [2.05, 4.69) is 57.2 Å². The summed E-state index contributed by atoms with van der Waals surface area (Å²) in [5, 5.41) is 0. The lowest BCUT2D eigenvalue weighted by molar-refractivity contribution is -0.0346. The third kappa shape index (κ3) is 4.43. The smallest absolute Gasteiger partial charge is 0.126 e. The van der Waals surface area contributed by atoms with Crippen LogP contribution >= 0.6 is 0 Å². The van der Waals surface area contributed by atoms with Crippen molar-refractivity contribution >= 4 is 6.08 Å². The molecule has 0 spiro atoms. The van der Waals surface area contributed by atoms with Crippen LogP contribution in [0.15, 0.2) is 59.2 Å². The Labute approximate surface area is 151 Å². The second kappa shape index (κ2) is 8.05. The molecule has 0 saturated heterocycles. The molecule has 3 rings (SSSR count). The fourth-order valence-corrected chi connectivity index (χ4v) is 4.15. The Morgan fingerprint density at radius 2 is 1.92 bits per heavy atom. The fraction of sp³-hybridized carbons (Fsp3) is 0.478. The number of ether oxygens (including phenoxy) is 1. The van der Waals surface area contributed by atoms with E-state index in [0.717, 1.165) is 18.1 Å². The van der Waals surface area contributed by atoms with Crippen LogP contribution in [0.5, 0.6) is 0 Å². The third-order valence-corrected chi connectivity index (χ3v) is 5.73. The SMILES string of the molecule is C[C@@H]1CC[C@@H](C(C)(C)c2ccccc2)[C@H](OC/C=C/c2ccco2)C1. The molecule has 0 aliphatic heterocycles. The molecule has 1 heterocycles. The van der Waals surface area contributed by atoms with E-state index in [-0.39, 0.29) is 5.41 Å². The molecule has 0 radical (unpaired) electrons. The first-order valence-electron chi connectivity index (χ1n) is 9.44. The molecule has 1 saturated carbocycles. The highest BCUT2D eigenvalue weighted by atomic mass is 16.5. The van der Waals surface area contributed by atoms with Gasteiger partial charge >= 0.3 is 0 Å². The van der Waals surface area contributed by atoms with Crippen molar-refractivity contribution in [3.63, 3.8) is 0 Å². The van der Waals surface area contributed by atoms with Crippen LogP contribution in [0.2, 0.25) is 0 Å². The van der Waals surface area contributed by atoms with Crippen molar-refractivity contribution < 1.29 is 9.15 Å². The van der Waals surface area contributed by atoms with E-state index in [9.17, 15) is 0 Å². The Morgan fingerprint density at radius 1 is 1.12 bits per heavy atom. The van der Waals surface area contributed by atoms with Crippen molar-refractivity contribution in [2.45, 2.75) is 51.6 Å². The van der Waals surface area contributed by atoms with Gasteiger partial charge in [-0.15, -0.1) is 0 Å². The first-order chi connectivity index (χ1) is 12.1. The predicted octanol–water partition coefficient (Wildman–Crippen LogP) is 6.09. The average Bonchev–Trinajstić information content (AvgIpc) is 3.13. The zero-order chi connectivity index (χ0) is 17.7. The molecule has 0 unspecified atom stereocenters. The van der Waals surface area contributed by atoms with Crippen molar-refractivity contribution in [1.82, 2.24) is 0 Å². The Kier molecular flexibility index (Phi) is 5.80. The summed E-state index contributed by atoms with van der Waals surface area (Å²) in [6.07, 6.45) is 9.73. The number of rotatable bonds is 6. The Hall–Kier alpha value is -1.80. The Morgan fingerprint density at radius 3 is 2.64 bits per heavy atom. The minimum atomic E-state index is 0.122. The van der Waals surface area contributed by atoms with Crippen LogP contribution in [0.1, 0.15) is 51.4 Å². The maximum absolute atomic E-state index is 6.34. The van der Waals surface area contributed by atoms with E-state index in [1.165, 1.54) is 18.4 Å². The van der Waals surface area contributed by atoms with E-state index in [0.29, 0.717) is 18.6 Å². The predicted molar refractivity (Wildman–Crippen MR) is 103 cm³/mol. The Balaban J connectivity index is 1.68. The van der Waals surface area contributed by atoms with E-state index in [4.69, 9.17) is 9.15 Å². The van der Waals surface area contributed by atoms with Crippen molar-refractivity contribution in [2.75, 3.05) is 6.61 Å². The highest BCUT2D eigenvalue weighted by Gasteiger charge is 2.40. The quantitative estimate of drug-likeness (QED) is 0.635. The van der Waals surface area contributed by atoms with Crippen LogP contribution in [0.25, 0.3) is 6.08 Å². The lowest BCUT2D eigenvalue weighted by Crippen LogP contribution is -2.42. The van der Waals surface area contributed by atoms with E-state index in [1.807, 2.05) is 18.2 Å². The van der Waals surface area contributed by atoms with Crippen molar-refractivity contribution in [3.05, 3.63) is 66.1 Å². The minimum Gasteiger partial charge on any atom is -0.465 e. The molecule has 1 aromatic carbocycles. The standard InChI is InChI=1S/C23H30O2/c1-18-13-14-21(23(2,3)19-9-5-4-6-10-19)22(17-18)25-16-8-12-20-11-7-15-24-20/h4-12,15,18,21-22H,13-14,16-17H2,1-3H3/b12-8+/t18-,21-,22-/m1/s1. The summed E-state index contributed by atoms with van der Waals surface area (Å²) in [6.45, 7) is 7.73. The zero-order valence-corrected chi connectivity index (χ0v) is 15.7. The molecular formula is C23H30O2. The van der Waals surface area contributed by atoms with Crippen LogP contribution in [0, 0.1) is 11.8 Å². The van der Waals surface area contributed by atoms with Crippen molar-refractivity contribution in [1.29, 1.82) is 0 Å². The van der Waals surface area contributed by atoms with E-state index in [1.54, 1.807) is 6.26 Å². The molecule has 2 aromatic rings. The lowest BCUT2D eigenvalue weighted by Gasteiger charge is -2.44. The minimum absolute atomic E-state index is 0.122. The summed E-state index contributed by atoms with van der Waals surface area (Å²) < 4.78 is 11.7. The molecule has 134 valence electrons. The molecule has 25 heavy (non-hydrogen) atoms. The first-order valence-corrected chi connectivity index (χ1v) is 9.44.